The highest BCUT2D eigenvalue weighted by Gasteiger charge is 2.25. The number of amides is 1. The predicted octanol–water partition coefficient (Wildman–Crippen LogP) is 2.83. The number of hydrogen-bond acceptors (Lipinski definition) is 9. The Morgan fingerprint density at radius 1 is 1.21 bits per heavy atom. The van der Waals surface area contributed by atoms with Crippen molar-refractivity contribution >= 4 is 50.5 Å². The van der Waals surface area contributed by atoms with Gasteiger partial charge >= 0.3 is 0 Å². The highest BCUT2D eigenvalue weighted by atomic mass is 35.5. The van der Waals surface area contributed by atoms with Gasteiger partial charge in [0.1, 0.15) is 10.1 Å². The molecule has 13 heteroatoms. The number of benzene rings is 2. The van der Waals surface area contributed by atoms with Crippen molar-refractivity contribution in [3.8, 4) is 0 Å². The molecule has 1 N–H and O–H groups in total. The third-order valence-corrected chi connectivity index (χ3v) is 4.64. The fraction of sp³-hybridized carbons (Fsp3) is 0.125. The van der Waals surface area contributed by atoms with E-state index in [1.807, 2.05) is 0 Å². The summed E-state index contributed by atoms with van der Waals surface area (Å²) >= 11 is 5.93. The molecule has 152 valence electrons. The van der Waals surface area contributed by atoms with Crippen LogP contribution in [-0.4, -0.2) is 35.6 Å². The lowest BCUT2D eigenvalue weighted by Gasteiger charge is -2.10. The van der Waals surface area contributed by atoms with Crippen molar-refractivity contribution in [2.45, 2.75) is 17.9 Å². The molecule has 11 nitrogen and oxygen atoms in total. The number of azo groups is 1. The highest BCUT2D eigenvalue weighted by molar-refractivity contribution is 7.85. The fourth-order valence-electron chi connectivity index (χ4n) is 2.09. The Kier molecular flexibility index (Phi) is 6.74. The number of ketones is 1. The van der Waals surface area contributed by atoms with E-state index in [0.717, 1.165) is 19.1 Å². The smallest absolute Gasteiger partial charge is 0.297 e. The lowest BCUT2D eigenvalue weighted by atomic mass is 10.2. The second kappa shape index (κ2) is 8.86. The maximum Gasteiger partial charge on any atom is 0.297 e. The SMILES string of the molecule is CC(=O)C(N=Nc1ccc(S(=O)(=O)[O-])cc1[N+](=O)[O-])C(=O)Nc1ccccc1Cl. The molecule has 29 heavy (non-hydrogen) atoms. The van der Waals surface area contributed by atoms with Crippen LogP contribution in [0.1, 0.15) is 6.92 Å². The first-order valence-corrected chi connectivity index (χ1v) is 9.50. The second-order valence-electron chi connectivity index (χ2n) is 5.56. The molecule has 1 unspecified atom stereocenters. The van der Waals surface area contributed by atoms with Crippen molar-refractivity contribution < 1.29 is 27.5 Å². The Hall–Kier alpha value is -3.22. The van der Waals surface area contributed by atoms with Crippen LogP contribution in [0.4, 0.5) is 17.1 Å². The molecule has 0 heterocycles. The minimum absolute atomic E-state index is 0.213. The van der Waals surface area contributed by atoms with E-state index in [9.17, 15) is 32.7 Å². The number of carbonyl (C=O) groups is 2. The van der Waals surface area contributed by atoms with Crippen LogP contribution in [0.3, 0.4) is 0 Å². The second-order valence-corrected chi connectivity index (χ2v) is 7.35. The van der Waals surface area contributed by atoms with Crippen LogP contribution in [-0.2, 0) is 19.7 Å². The van der Waals surface area contributed by atoms with Crippen LogP contribution in [0, 0.1) is 10.1 Å². The molecule has 0 saturated carbocycles. The van der Waals surface area contributed by atoms with Crippen LogP contribution in [0.5, 0.6) is 0 Å². The molecule has 0 bridgehead atoms. The zero-order valence-corrected chi connectivity index (χ0v) is 16.2. The summed E-state index contributed by atoms with van der Waals surface area (Å²) in [7, 11) is -4.93. The maximum atomic E-state index is 12.3. The van der Waals surface area contributed by atoms with Gasteiger partial charge in [-0.2, -0.15) is 5.11 Å². The number of nitro benzene ring substituents is 1. The van der Waals surface area contributed by atoms with Gasteiger partial charge in [0.2, 0.25) is 6.04 Å². The van der Waals surface area contributed by atoms with Crippen LogP contribution in [0.2, 0.25) is 5.02 Å². The molecule has 0 radical (unpaired) electrons. The molecule has 0 aliphatic heterocycles. The van der Waals surface area contributed by atoms with E-state index in [-0.39, 0.29) is 10.7 Å². The van der Waals surface area contributed by atoms with Gasteiger partial charge in [-0.05, 0) is 31.2 Å². The zero-order valence-electron chi connectivity index (χ0n) is 14.6. The van der Waals surface area contributed by atoms with E-state index in [0.29, 0.717) is 6.07 Å². The summed E-state index contributed by atoms with van der Waals surface area (Å²) in [4.78, 5) is 33.4. The summed E-state index contributed by atoms with van der Waals surface area (Å²) < 4.78 is 33.1. The first-order chi connectivity index (χ1) is 13.5. The number of nitrogens with one attached hydrogen (secondary N) is 1. The lowest BCUT2D eigenvalue weighted by Crippen LogP contribution is -2.31. The molecule has 0 aliphatic rings. The number of Topliss-reactive ketones (excluding diaryl/α,β-unsaturated/α-hetero) is 1. The fourth-order valence-corrected chi connectivity index (χ4v) is 2.77. The molecule has 1 atom stereocenters. The lowest BCUT2D eigenvalue weighted by molar-refractivity contribution is -0.384. The molecule has 2 aromatic rings. The molecule has 0 aromatic heterocycles. The number of para-hydroxylation sites is 1. The molecule has 0 fully saturated rings. The molecule has 1 amide bonds. The largest absolute Gasteiger partial charge is 0.744 e. The van der Waals surface area contributed by atoms with Gasteiger partial charge in [-0.15, -0.1) is 5.11 Å². The van der Waals surface area contributed by atoms with Crippen LogP contribution >= 0.6 is 11.6 Å². The van der Waals surface area contributed by atoms with Crippen LogP contribution in [0.25, 0.3) is 0 Å². The summed E-state index contributed by atoms with van der Waals surface area (Å²) in [6, 6.07) is 6.77. The summed E-state index contributed by atoms with van der Waals surface area (Å²) in [6.45, 7) is 1.07. The van der Waals surface area contributed by atoms with Crippen molar-refractivity contribution in [1.29, 1.82) is 0 Å². The van der Waals surface area contributed by atoms with E-state index in [1.165, 1.54) is 12.1 Å². The van der Waals surface area contributed by atoms with E-state index in [2.05, 4.69) is 15.5 Å². The minimum Gasteiger partial charge on any atom is -0.744 e. The van der Waals surface area contributed by atoms with Gasteiger partial charge in [0, 0.05) is 6.07 Å². The Balaban J connectivity index is 2.35. The quantitative estimate of drug-likeness (QED) is 0.227. The first kappa shape index (κ1) is 22.1. The molecule has 0 spiro atoms. The number of nitrogens with zero attached hydrogens (tertiary/aromatic N) is 3. The third-order valence-electron chi connectivity index (χ3n) is 3.48. The van der Waals surface area contributed by atoms with E-state index in [1.54, 1.807) is 12.1 Å². The number of nitro groups is 1. The third kappa shape index (κ3) is 5.63. The highest BCUT2D eigenvalue weighted by Crippen LogP contribution is 2.30. The predicted molar refractivity (Wildman–Crippen MR) is 100 cm³/mol. The van der Waals surface area contributed by atoms with E-state index in [4.69, 9.17) is 11.6 Å². The standard InChI is InChI=1S/C16H13ClN4O7S/c1-9(22)15(16(23)18-12-5-3-2-4-11(12)17)20-19-13-7-6-10(29(26,27)28)8-14(13)21(24)25/h2-8,15H,1H3,(H,18,23)(H,26,27,28)/p-1. The summed E-state index contributed by atoms with van der Waals surface area (Å²) in [6.07, 6.45) is 0. The normalized spacial score (nSPS) is 12.5. The van der Waals surface area contributed by atoms with Crippen molar-refractivity contribution in [2.24, 2.45) is 10.2 Å². The van der Waals surface area contributed by atoms with Gasteiger partial charge in [-0.25, -0.2) is 8.42 Å². The monoisotopic (exact) mass is 439 g/mol. The zero-order chi connectivity index (χ0) is 21.8. The van der Waals surface area contributed by atoms with Crippen molar-refractivity contribution in [3.05, 3.63) is 57.6 Å². The van der Waals surface area contributed by atoms with Crippen LogP contribution < -0.4 is 5.32 Å². The molecule has 2 aromatic carbocycles. The average molecular weight is 440 g/mol. The van der Waals surface area contributed by atoms with Gasteiger partial charge in [0.05, 0.1) is 20.5 Å². The molecular weight excluding hydrogens is 428 g/mol. The van der Waals surface area contributed by atoms with E-state index >= 15 is 0 Å². The first-order valence-electron chi connectivity index (χ1n) is 7.71. The number of halogens is 1. The Morgan fingerprint density at radius 3 is 2.41 bits per heavy atom. The van der Waals surface area contributed by atoms with Gasteiger partial charge in [0.15, 0.2) is 11.5 Å². The van der Waals surface area contributed by atoms with Gasteiger partial charge < -0.3 is 9.87 Å². The van der Waals surface area contributed by atoms with Crippen molar-refractivity contribution in [2.75, 3.05) is 5.32 Å². The Labute approximate surface area is 169 Å². The summed E-state index contributed by atoms with van der Waals surface area (Å²) in [5.41, 5.74) is -1.06. The van der Waals surface area contributed by atoms with Crippen molar-refractivity contribution in [1.82, 2.24) is 0 Å². The number of anilines is 1. The molecule has 2 rings (SSSR count). The number of rotatable bonds is 7. The van der Waals surface area contributed by atoms with Gasteiger partial charge in [-0.3, -0.25) is 19.7 Å². The van der Waals surface area contributed by atoms with E-state index < -0.39 is 49.0 Å². The van der Waals surface area contributed by atoms with Gasteiger partial charge in [0.25, 0.3) is 11.6 Å². The van der Waals surface area contributed by atoms with Crippen LogP contribution in [0.15, 0.2) is 57.6 Å². The topological polar surface area (TPSA) is 171 Å². The minimum atomic E-state index is -4.93. The summed E-state index contributed by atoms with van der Waals surface area (Å²) in [5, 5.41) is 20.8. The summed E-state index contributed by atoms with van der Waals surface area (Å²) in [5.74, 6) is -1.59. The Bertz CT molecular complexity index is 1120. The maximum absolute atomic E-state index is 12.3. The molecule has 0 aliphatic carbocycles. The number of hydrogen-bond donors (Lipinski definition) is 1. The average Bonchev–Trinajstić information content (AvgIpc) is 2.62. The molecular formula is C16H12ClN4O7S-. The van der Waals surface area contributed by atoms with Gasteiger partial charge in [-0.1, -0.05) is 23.7 Å². The van der Waals surface area contributed by atoms with Crippen molar-refractivity contribution in [3.63, 3.8) is 0 Å². The Morgan fingerprint density at radius 2 is 1.86 bits per heavy atom. The molecule has 0 saturated heterocycles. The number of carbonyl (C=O) groups excluding carboxylic acids is 2.